The SMILES string of the molecule is CC1(C)Oc2c(c(O)c3ccccc3c2O)C(=O)C1Br. The van der Waals surface area contributed by atoms with Crippen LogP contribution in [-0.2, 0) is 0 Å². The molecule has 104 valence electrons. The summed E-state index contributed by atoms with van der Waals surface area (Å²) >= 11 is 3.30. The van der Waals surface area contributed by atoms with E-state index in [0.29, 0.717) is 10.8 Å². The molecule has 0 bridgehead atoms. The maximum absolute atomic E-state index is 12.5. The van der Waals surface area contributed by atoms with Gasteiger partial charge in [-0.1, -0.05) is 40.2 Å². The van der Waals surface area contributed by atoms with Gasteiger partial charge in [-0.05, 0) is 13.8 Å². The van der Waals surface area contributed by atoms with Gasteiger partial charge in [-0.2, -0.15) is 0 Å². The van der Waals surface area contributed by atoms with Crippen molar-refractivity contribution in [3.63, 3.8) is 0 Å². The number of carbonyl (C=O) groups is 1. The second kappa shape index (κ2) is 4.12. The molecule has 5 heteroatoms. The molecule has 0 spiro atoms. The topological polar surface area (TPSA) is 66.8 Å². The minimum atomic E-state index is -0.809. The molecule has 0 radical (unpaired) electrons. The Morgan fingerprint density at radius 3 is 2.30 bits per heavy atom. The van der Waals surface area contributed by atoms with E-state index in [1.165, 1.54) is 0 Å². The Morgan fingerprint density at radius 1 is 1.15 bits per heavy atom. The molecule has 0 amide bonds. The molecule has 20 heavy (non-hydrogen) atoms. The lowest BCUT2D eigenvalue weighted by Gasteiger charge is -2.36. The van der Waals surface area contributed by atoms with Crippen LogP contribution in [0.5, 0.6) is 17.2 Å². The molecule has 2 N–H and O–H groups in total. The Bertz CT molecular complexity index is 736. The summed E-state index contributed by atoms with van der Waals surface area (Å²) in [5.41, 5.74) is -0.779. The molecule has 0 aromatic heterocycles. The van der Waals surface area contributed by atoms with E-state index in [2.05, 4.69) is 15.9 Å². The summed E-state index contributed by atoms with van der Waals surface area (Å²) in [7, 11) is 0. The van der Waals surface area contributed by atoms with E-state index in [1.807, 2.05) is 0 Å². The van der Waals surface area contributed by atoms with Crippen LogP contribution in [0, 0.1) is 0 Å². The minimum Gasteiger partial charge on any atom is -0.506 e. The van der Waals surface area contributed by atoms with Gasteiger partial charge in [0.1, 0.15) is 21.7 Å². The Hall–Kier alpha value is -1.75. The Morgan fingerprint density at radius 2 is 1.70 bits per heavy atom. The van der Waals surface area contributed by atoms with Crippen molar-refractivity contribution in [2.75, 3.05) is 0 Å². The van der Waals surface area contributed by atoms with Crippen molar-refractivity contribution in [3.05, 3.63) is 29.8 Å². The molecule has 3 rings (SSSR count). The average Bonchev–Trinajstić information content (AvgIpc) is 2.42. The summed E-state index contributed by atoms with van der Waals surface area (Å²) in [5, 5.41) is 21.6. The molecule has 4 nitrogen and oxygen atoms in total. The van der Waals surface area contributed by atoms with Gasteiger partial charge in [-0.3, -0.25) is 4.79 Å². The highest BCUT2D eigenvalue weighted by Gasteiger charge is 2.44. The van der Waals surface area contributed by atoms with E-state index in [9.17, 15) is 15.0 Å². The highest BCUT2D eigenvalue weighted by molar-refractivity contribution is 9.10. The number of rotatable bonds is 0. The standard InChI is InChI=1S/C15H13BrO4/c1-15(2)14(16)12(19)9-10(17)7-5-3-4-6-8(7)11(18)13(9)20-15/h3-6,14,17-18H,1-2H3. The molecule has 1 aliphatic heterocycles. The zero-order valence-electron chi connectivity index (χ0n) is 11.0. The normalized spacial score (nSPS) is 20.6. The van der Waals surface area contributed by atoms with E-state index in [-0.39, 0.29) is 28.6 Å². The quantitative estimate of drug-likeness (QED) is 0.571. The van der Waals surface area contributed by atoms with E-state index < -0.39 is 10.4 Å². The van der Waals surface area contributed by atoms with Gasteiger partial charge >= 0.3 is 0 Å². The molecule has 0 saturated carbocycles. The van der Waals surface area contributed by atoms with Crippen molar-refractivity contribution < 1.29 is 19.7 Å². The first-order valence-corrected chi connectivity index (χ1v) is 7.10. The number of hydrogen-bond donors (Lipinski definition) is 2. The lowest BCUT2D eigenvalue weighted by molar-refractivity contribution is 0.0647. The van der Waals surface area contributed by atoms with Gasteiger partial charge in [0.25, 0.3) is 0 Å². The van der Waals surface area contributed by atoms with Crippen LogP contribution < -0.4 is 4.74 Å². The third-order valence-corrected chi connectivity index (χ3v) is 5.09. The van der Waals surface area contributed by atoms with Crippen LogP contribution in [0.1, 0.15) is 24.2 Å². The molecule has 1 aliphatic rings. The van der Waals surface area contributed by atoms with Gasteiger partial charge in [0.2, 0.25) is 0 Å². The largest absolute Gasteiger partial charge is 0.506 e. The number of Topliss-reactive ketones (excluding diaryl/α,β-unsaturated/α-hetero) is 1. The van der Waals surface area contributed by atoms with Crippen LogP contribution >= 0.6 is 15.9 Å². The number of aromatic hydroxyl groups is 2. The predicted molar refractivity (Wildman–Crippen MR) is 79.0 cm³/mol. The molecule has 0 aliphatic carbocycles. The Kier molecular flexibility index (Phi) is 2.73. The summed E-state index contributed by atoms with van der Waals surface area (Å²) in [5.74, 6) is -0.519. The smallest absolute Gasteiger partial charge is 0.188 e. The van der Waals surface area contributed by atoms with Gasteiger partial charge in [-0.15, -0.1) is 0 Å². The van der Waals surface area contributed by atoms with Crippen molar-refractivity contribution in [3.8, 4) is 17.2 Å². The maximum atomic E-state index is 12.5. The number of hydrogen-bond acceptors (Lipinski definition) is 4. The monoisotopic (exact) mass is 336 g/mol. The van der Waals surface area contributed by atoms with Crippen molar-refractivity contribution in [1.82, 2.24) is 0 Å². The number of benzene rings is 2. The highest BCUT2D eigenvalue weighted by Crippen LogP contribution is 2.50. The zero-order valence-corrected chi connectivity index (χ0v) is 12.6. The van der Waals surface area contributed by atoms with Crippen LogP contribution in [0.15, 0.2) is 24.3 Å². The third-order valence-electron chi connectivity index (χ3n) is 3.57. The number of ether oxygens (including phenoxy) is 1. The number of ketones is 1. The van der Waals surface area contributed by atoms with E-state index in [4.69, 9.17) is 4.74 Å². The lowest BCUT2D eigenvalue weighted by atomic mass is 9.90. The molecule has 0 fully saturated rings. The first-order valence-electron chi connectivity index (χ1n) is 6.18. The molecule has 2 aromatic carbocycles. The van der Waals surface area contributed by atoms with Crippen molar-refractivity contribution in [1.29, 1.82) is 0 Å². The fraction of sp³-hybridized carbons (Fsp3) is 0.267. The van der Waals surface area contributed by atoms with Crippen LogP contribution in [0.3, 0.4) is 0 Å². The fourth-order valence-corrected chi connectivity index (χ4v) is 2.79. The number of halogens is 1. The summed E-state index contributed by atoms with van der Waals surface area (Å²) in [4.78, 5) is 11.9. The zero-order chi connectivity index (χ0) is 14.7. The van der Waals surface area contributed by atoms with Crippen LogP contribution in [0.2, 0.25) is 0 Å². The molecular weight excluding hydrogens is 324 g/mol. The number of phenols is 2. The molecule has 1 unspecified atom stereocenters. The van der Waals surface area contributed by atoms with Gasteiger partial charge < -0.3 is 14.9 Å². The predicted octanol–water partition coefficient (Wildman–Crippen LogP) is 3.37. The van der Waals surface area contributed by atoms with E-state index >= 15 is 0 Å². The number of phenolic OH excluding ortho intramolecular Hbond substituents is 2. The number of carbonyl (C=O) groups excluding carboxylic acids is 1. The molecule has 1 heterocycles. The van der Waals surface area contributed by atoms with Crippen LogP contribution in [-0.4, -0.2) is 26.4 Å². The third kappa shape index (κ3) is 1.62. The molecule has 1 atom stereocenters. The van der Waals surface area contributed by atoms with Gasteiger partial charge in [0, 0.05) is 10.8 Å². The Labute approximate surface area is 124 Å². The van der Waals surface area contributed by atoms with Crippen LogP contribution in [0.25, 0.3) is 10.8 Å². The van der Waals surface area contributed by atoms with E-state index in [1.54, 1.807) is 38.1 Å². The summed E-state index contributed by atoms with van der Waals surface area (Å²) in [6, 6.07) is 6.81. The van der Waals surface area contributed by atoms with Crippen molar-refractivity contribution >= 4 is 32.5 Å². The first-order chi connectivity index (χ1) is 9.34. The van der Waals surface area contributed by atoms with Gasteiger partial charge in [0.05, 0.1) is 0 Å². The first kappa shape index (κ1) is 13.2. The fourth-order valence-electron chi connectivity index (χ4n) is 2.46. The molecule has 0 saturated heterocycles. The lowest BCUT2D eigenvalue weighted by Crippen LogP contribution is -2.46. The second-order valence-corrected chi connectivity index (χ2v) is 6.29. The van der Waals surface area contributed by atoms with Crippen molar-refractivity contribution in [2.45, 2.75) is 24.3 Å². The summed E-state index contributed by atoms with van der Waals surface area (Å²) in [6.07, 6.45) is 0. The highest BCUT2D eigenvalue weighted by atomic mass is 79.9. The second-order valence-electron chi connectivity index (χ2n) is 5.38. The molecule has 2 aromatic rings. The Balaban J connectivity index is 2.42. The summed E-state index contributed by atoms with van der Waals surface area (Å²) in [6.45, 7) is 3.50. The maximum Gasteiger partial charge on any atom is 0.188 e. The van der Waals surface area contributed by atoms with E-state index in [0.717, 1.165) is 0 Å². The summed E-state index contributed by atoms with van der Waals surface area (Å²) < 4.78 is 5.74. The number of alkyl halides is 1. The van der Waals surface area contributed by atoms with Gasteiger partial charge in [0.15, 0.2) is 17.3 Å². The minimum absolute atomic E-state index is 0.0300. The van der Waals surface area contributed by atoms with Crippen molar-refractivity contribution in [2.24, 2.45) is 0 Å². The average molecular weight is 337 g/mol. The van der Waals surface area contributed by atoms with Crippen LogP contribution in [0.4, 0.5) is 0 Å². The molecular formula is C15H13BrO4. The number of fused-ring (bicyclic) bond motifs is 2. The van der Waals surface area contributed by atoms with Gasteiger partial charge in [-0.25, -0.2) is 0 Å².